The van der Waals surface area contributed by atoms with Crippen LogP contribution < -0.4 is 13.8 Å². The summed E-state index contributed by atoms with van der Waals surface area (Å²) in [5, 5.41) is 10.9. The summed E-state index contributed by atoms with van der Waals surface area (Å²) in [6, 6.07) is 26.1. The van der Waals surface area contributed by atoms with Gasteiger partial charge in [-0.3, -0.25) is 8.51 Å². The second-order valence-electron chi connectivity index (χ2n) is 7.04. The second kappa shape index (κ2) is 10.2. The van der Waals surface area contributed by atoms with Crippen molar-refractivity contribution in [1.29, 1.82) is 0 Å². The van der Waals surface area contributed by atoms with Gasteiger partial charge in [-0.25, -0.2) is 4.79 Å². The van der Waals surface area contributed by atoms with Gasteiger partial charge in [0.25, 0.3) is 0 Å². The molecule has 0 heterocycles. The van der Waals surface area contributed by atoms with Gasteiger partial charge in [-0.2, -0.15) is 0 Å². The van der Waals surface area contributed by atoms with E-state index in [1.807, 2.05) is 36.4 Å². The van der Waals surface area contributed by atoms with Crippen molar-refractivity contribution < 1.29 is 28.1 Å². The van der Waals surface area contributed by atoms with Crippen molar-refractivity contribution in [1.82, 2.24) is 0 Å². The number of carboxylic acid groups (broad SMARTS) is 1. The van der Waals surface area contributed by atoms with Crippen molar-refractivity contribution in [2.24, 2.45) is 0 Å². The molecule has 4 rings (SSSR count). The molecule has 0 radical (unpaired) electrons. The highest BCUT2D eigenvalue weighted by Gasteiger charge is 2.16. The highest BCUT2D eigenvalue weighted by Crippen LogP contribution is 2.36. The molecule has 4 aromatic carbocycles. The molecule has 0 saturated carbocycles. The second-order valence-corrected chi connectivity index (χ2v) is 7.84. The van der Waals surface area contributed by atoms with Crippen LogP contribution in [0.3, 0.4) is 0 Å². The van der Waals surface area contributed by atoms with E-state index in [4.69, 9.17) is 14.6 Å². The summed E-state index contributed by atoms with van der Waals surface area (Å²) in [7, 11) is 0. The lowest BCUT2D eigenvalue weighted by molar-refractivity contribution is 0.0697. The maximum absolute atomic E-state index is 12.2. The van der Waals surface area contributed by atoms with Gasteiger partial charge in [-0.15, -0.1) is 0 Å². The first-order valence-corrected chi connectivity index (χ1v) is 11.1. The van der Waals surface area contributed by atoms with Gasteiger partial charge in [0.2, 0.25) is 0 Å². The van der Waals surface area contributed by atoms with Crippen LogP contribution >= 0.6 is 0 Å². The number of aromatic carboxylic acids is 1. The highest BCUT2D eigenvalue weighted by atomic mass is 32.2. The Hall–Kier alpha value is -3.88. The molecule has 8 heteroatoms. The molecule has 0 aliphatic heterocycles. The Kier molecular flexibility index (Phi) is 6.87. The molecule has 0 aromatic heterocycles. The van der Waals surface area contributed by atoms with Crippen LogP contribution in [0.5, 0.6) is 11.5 Å². The Labute approximate surface area is 193 Å². The lowest BCUT2D eigenvalue weighted by Crippen LogP contribution is -2.21. The maximum atomic E-state index is 12.2. The van der Waals surface area contributed by atoms with Crippen molar-refractivity contribution >= 4 is 39.4 Å². The third kappa shape index (κ3) is 5.31. The maximum Gasteiger partial charge on any atom is 0.335 e. The number of hydrogen-bond donors (Lipinski definition) is 1. The van der Waals surface area contributed by atoms with Gasteiger partial charge in [0.15, 0.2) is 0 Å². The SMILES string of the molecule is O=C(O)c1ccc(OCCOc2ccccc2N(c2ccc3ccccc3c2)S(=O)[O-])cc1. The van der Waals surface area contributed by atoms with E-state index in [1.54, 1.807) is 42.5 Å². The normalized spacial score (nSPS) is 11.7. The number of benzene rings is 4. The predicted molar refractivity (Wildman–Crippen MR) is 126 cm³/mol. The predicted octanol–water partition coefficient (Wildman–Crippen LogP) is 4.93. The smallest absolute Gasteiger partial charge is 0.335 e. The molecule has 0 aliphatic rings. The summed E-state index contributed by atoms with van der Waals surface area (Å²) in [6.45, 7) is 0.353. The van der Waals surface area contributed by atoms with Crippen molar-refractivity contribution in [3.05, 3.63) is 96.6 Å². The highest BCUT2D eigenvalue weighted by molar-refractivity contribution is 7.81. The summed E-state index contributed by atoms with van der Waals surface area (Å²) >= 11 is -2.58. The number of para-hydroxylation sites is 2. The van der Waals surface area contributed by atoms with E-state index in [-0.39, 0.29) is 18.8 Å². The minimum absolute atomic E-state index is 0.161. The summed E-state index contributed by atoms with van der Waals surface area (Å²) in [5.74, 6) is -0.108. The molecular formula is C25H20NO6S-. The number of carboxylic acids is 1. The number of fused-ring (bicyclic) bond motifs is 1. The van der Waals surface area contributed by atoms with E-state index in [1.165, 1.54) is 16.4 Å². The van der Waals surface area contributed by atoms with Crippen LogP contribution in [-0.2, 0) is 11.3 Å². The van der Waals surface area contributed by atoms with Gasteiger partial charge in [-0.1, -0.05) is 42.5 Å². The first kappa shape index (κ1) is 22.3. The monoisotopic (exact) mass is 462 g/mol. The Morgan fingerprint density at radius 2 is 1.52 bits per heavy atom. The fraction of sp³-hybridized carbons (Fsp3) is 0.0800. The minimum Gasteiger partial charge on any atom is -0.755 e. The summed E-state index contributed by atoms with van der Waals surface area (Å²) in [6.07, 6.45) is 0. The average Bonchev–Trinajstić information content (AvgIpc) is 2.83. The van der Waals surface area contributed by atoms with Gasteiger partial charge in [0, 0.05) is 0 Å². The van der Waals surface area contributed by atoms with E-state index < -0.39 is 17.2 Å². The molecular weight excluding hydrogens is 442 g/mol. The standard InChI is InChI=1S/C25H21NO6S/c27-25(28)19-10-13-22(14-11-19)31-15-16-32-24-8-4-3-7-23(24)26(33(29)30)21-12-9-18-5-1-2-6-20(18)17-21/h1-14,17H,15-16H2,(H,27,28)(H,29,30)/p-1. The zero-order chi connectivity index (χ0) is 23.2. The molecule has 168 valence electrons. The number of anilines is 2. The number of rotatable bonds is 9. The van der Waals surface area contributed by atoms with Crippen molar-refractivity contribution in [3.63, 3.8) is 0 Å². The Balaban J connectivity index is 1.49. The van der Waals surface area contributed by atoms with Crippen molar-refractivity contribution in [2.45, 2.75) is 0 Å². The molecule has 0 amide bonds. The van der Waals surface area contributed by atoms with E-state index in [9.17, 15) is 13.6 Å². The van der Waals surface area contributed by atoms with Gasteiger partial charge in [0.05, 0.1) is 28.2 Å². The van der Waals surface area contributed by atoms with E-state index in [2.05, 4.69) is 0 Å². The zero-order valence-electron chi connectivity index (χ0n) is 17.4. The van der Waals surface area contributed by atoms with Crippen LogP contribution in [0.1, 0.15) is 10.4 Å². The number of nitrogens with zero attached hydrogens (tertiary/aromatic N) is 1. The topological polar surface area (TPSA) is 99.1 Å². The van der Waals surface area contributed by atoms with Crippen LogP contribution in [0.4, 0.5) is 11.4 Å². The van der Waals surface area contributed by atoms with Gasteiger partial charge in [0.1, 0.15) is 24.7 Å². The van der Waals surface area contributed by atoms with Gasteiger partial charge < -0.3 is 19.1 Å². The summed E-state index contributed by atoms with van der Waals surface area (Å²) in [4.78, 5) is 10.9. The molecule has 4 aromatic rings. The summed E-state index contributed by atoms with van der Waals surface area (Å²) in [5.41, 5.74) is 1.05. The Morgan fingerprint density at radius 3 is 2.24 bits per heavy atom. The van der Waals surface area contributed by atoms with Crippen LogP contribution in [0, 0.1) is 0 Å². The molecule has 7 nitrogen and oxygen atoms in total. The molecule has 0 fully saturated rings. The first-order valence-electron chi connectivity index (χ1n) is 10.1. The van der Waals surface area contributed by atoms with Crippen LogP contribution in [-0.4, -0.2) is 33.1 Å². The van der Waals surface area contributed by atoms with Crippen LogP contribution in [0.2, 0.25) is 0 Å². The molecule has 1 atom stereocenters. The minimum atomic E-state index is -2.58. The lowest BCUT2D eigenvalue weighted by Gasteiger charge is -2.28. The molecule has 33 heavy (non-hydrogen) atoms. The average molecular weight is 463 g/mol. The van der Waals surface area contributed by atoms with Crippen molar-refractivity contribution in [2.75, 3.05) is 17.5 Å². The third-order valence-corrected chi connectivity index (χ3v) is 5.62. The first-order chi connectivity index (χ1) is 16.0. The molecule has 0 bridgehead atoms. The van der Waals surface area contributed by atoms with Gasteiger partial charge >= 0.3 is 5.97 Å². The fourth-order valence-electron chi connectivity index (χ4n) is 3.36. The molecule has 1 N–H and O–H groups in total. The largest absolute Gasteiger partial charge is 0.755 e. The Bertz CT molecular complexity index is 1290. The number of ether oxygens (including phenoxy) is 2. The quantitative estimate of drug-likeness (QED) is 0.280. The molecule has 0 saturated heterocycles. The van der Waals surface area contributed by atoms with E-state index in [0.717, 1.165) is 10.8 Å². The lowest BCUT2D eigenvalue weighted by atomic mass is 10.1. The number of hydrogen-bond acceptors (Lipinski definition) is 5. The third-order valence-electron chi connectivity index (χ3n) is 4.91. The van der Waals surface area contributed by atoms with Gasteiger partial charge in [-0.05, 0) is 59.3 Å². The van der Waals surface area contributed by atoms with E-state index >= 15 is 0 Å². The van der Waals surface area contributed by atoms with Crippen LogP contribution in [0.15, 0.2) is 91.0 Å². The molecule has 1 unspecified atom stereocenters. The number of carbonyl (C=O) groups is 1. The Morgan fingerprint density at radius 1 is 0.848 bits per heavy atom. The summed E-state index contributed by atoms with van der Waals surface area (Å²) < 4.78 is 37.0. The van der Waals surface area contributed by atoms with Crippen molar-refractivity contribution in [3.8, 4) is 11.5 Å². The van der Waals surface area contributed by atoms with E-state index in [0.29, 0.717) is 22.9 Å². The zero-order valence-corrected chi connectivity index (χ0v) is 18.2. The van der Waals surface area contributed by atoms with Crippen LogP contribution in [0.25, 0.3) is 10.8 Å². The fourth-order valence-corrected chi connectivity index (χ4v) is 3.96. The molecule has 0 aliphatic carbocycles. The molecule has 0 spiro atoms.